The summed E-state index contributed by atoms with van der Waals surface area (Å²) in [5, 5.41) is 2.95. The second-order valence-corrected chi connectivity index (χ2v) is 9.30. The van der Waals surface area contributed by atoms with Crippen LogP contribution in [0.25, 0.3) is 0 Å². The van der Waals surface area contributed by atoms with Crippen LogP contribution in [0.15, 0.2) is 48.5 Å². The van der Waals surface area contributed by atoms with Crippen LogP contribution in [0.4, 0.5) is 0 Å². The molecule has 0 bridgehead atoms. The van der Waals surface area contributed by atoms with Gasteiger partial charge in [-0.1, -0.05) is 38.1 Å². The zero-order chi connectivity index (χ0) is 23.9. The molecule has 0 saturated carbocycles. The number of nitrogens with one attached hydrogen (secondary N) is 1. The summed E-state index contributed by atoms with van der Waals surface area (Å²) >= 11 is 0. The molecule has 32 heavy (non-hydrogen) atoms. The molecule has 0 aliphatic heterocycles. The number of methoxy groups -OCH3 is 1. The highest BCUT2D eigenvalue weighted by atomic mass is 16.5. The first-order valence-corrected chi connectivity index (χ1v) is 11.0. The Bertz CT molecular complexity index is 901. The van der Waals surface area contributed by atoms with Gasteiger partial charge < -0.3 is 19.7 Å². The molecule has 6 heteroatoms. The van der Waals surface area contributed by atoms with Crippen LogP contribution >= 0.6 is 0 Å². The molecule has 174 valence electrons. The third-order valence-corrected chi connectivity index (χ3v) is 5.06. The van der Waals surface area contributed by atoms with Gasteiger partial charge in [-0.2, -0.15) is 0 Å². The van der Waals surface area contributed by atoms with Crippen LogP contribution < -0.4 is 14.8 Å². The third kappa shape index (κ3) is 7.59. The number of hydrogen-bond donors (Lipinski definition) is 1. The number of carbonyl (C=O) groups excluding carboxylic acids is 2. The summed E-state index contributed by atoms with van der Waals surface area (Å²) in [6, 6.07) is 14.5. The number of ether oxygens (including phenoxy) is 2. The van der Waals surface area contributed by atoms with Crippen LogP contribution in [0.5, 0.6) is 11.5 Å². The van der Waals surface area contributed by atoms with Crippen molar-refractivity contribution in [2.24, 2.45) is 0 Å². The molecular weight excluding hydrogens is 404 g/mol. The van der Waals surface area contributed by atoms with Crippen molar-refractivity contribution in [3.63, 3.8) is 0 Å². The number of amides is 2. The van der Waals surface area contributed by atoms with Crippen molar-refractivity contribution in [2.45, 2.75) is 65.6 Å². The molecule has 0 radical (unpaired) electrons. The first-order chi connectivity index (χ1) is 15.0. The van der Waals surface area contributed by atoms with Gasteiger partial charge in [-0.25, -0.2) is 0 Å². The van der Waals surface area contributed by atoms with Gasteiger partial charge in [0, 0.05) is 12.1 Å². The van der Waals surface area contributed by atoms with Gasteiger partial charge in [-0.05, 0) is 69.0 Å². The number of rotatable bonds is 9. The molecule has 1 N–H and O–H groups in total. The minimum Gasteiger partial charge on any atom is -0.497 e. The minimum absolute atomic E-state index is 0.155. The molecule has 0 fully saturated rings. The maximum atomic E-state index is 13.2. The Morgan fingerprint density at radius 2 is 1.66 bits per heavy atom. The Hall–Kier alpha value is -3.02. The Morgan fingerprint density at radius 1 is 1.00 bits per heavy atom. The summed E-state index contributed by atoms with van der Waals surface area (Å²) in [5.41, 5.74) is 1.68. The Morgan fingerprint density at radius 3 is 2.22 bits per heavy atom. The second kappa shape index (κ2) is 11.0. The van der Waals surface area contributed by atoms with Crippen LogP contribution in [0.1, 0.15) is 58.6 Å². The van der Waals surface area contributed by atoms with E-state index in [9.17, 15) is 9.59 Å². The fourth-order valence-electron chi connectivity index (χ4n) is 3.20. The van der Waals surface area contributed by atoms with Gasteiger partial charge >= 0.3 is 0 Å². The highest BCUT2D eigenvalue weighted by molar-refractivity contribution is 5.88. The zero-order valence-corrected chi connectivity index (χ0v) is 20.3. The number of nitrogens with zero attached hydrogens (tertiary/aromatic N) is 1. The molecule has 0 aliphatic carbocycles. The molecule has 0 unspecified atom stereocenters. The molecule has 0 saturated heterocycles. The molecule has 2 aromatic carbocycles. The van der Waals surface area contributed by atoms with Crippen LogP contribution in [-0.2, 0) is 16.1 Å². The zero-order valence-electron chi connectivity index (χ0n) is 20.3. The molecule has 0 aliphatic rings. The predicted molar refractivity (Wildman–Crippen MR) is 127 cm³/mol. The molecule has 2 aromatic rings. The van der Waals surface area contributed by atoms with E-state index in [1.54, 1.807) is 18.9 Å². The van der Waals surface area contributed by atoms with E-state index in [4.69, 9.17) is 9.47 Å². The summed E-state index contributed by atoms with van der Waals surface area (Å²) in [4.78, 5) is 27.5. The van der Waals surface area contributed by atoms with Gasteiger partial charge in [0.2, 0.25) is 5.91 Å². The fourth-order valence-corrected chi connectivity index (χ4v) is 3.20. The highest BCUT2D eigenvalue weighted by Crippen LogP contribution is 2.20. The van der Waals surface area contributed by atoms with Gasteiger partial charge in [-0.15, -0.1) is 0 Å². The average molecular weight is 441 g/mol. The standard InChI is InChI=1S/C26H36N2O4/c1-18(2)21-11-13-22(14-12-21)32-17-24(29)28(19(3)25(30)27-26(4,5)6)16-20-9-8-10-23(15-20)31-7/h8-15,18-19H,16-17H2,1-7H3,(H,27,30)/t19-/m1/s1. The smallest absolute Gasteiger partial charge is 0.261 e. The van der Waals surface area contributed by atoms with E-state index in [1.165, 1.54) is 5.56 Å². The van der Waals surface area contributed by atoms with Gasteiger partial charge in [0.15, 0.2) is 6.61 Å². The van der Waals surface area contributed by atoms with Crippen molar-refractivity contribution in [3.8, 4) is 11.5 Å². The second-order valence-electron chi connectivity index (χ2n) is 9.30. The third-order valence-electron chi connectivity index (χ3n) is 5.06. The van der Waals surface area contributed by atoms with Crippen molar-refractivity contribution >= 4 is 11.8 Å². The molecule has 0 heterocycles. The van der Waals surface area contributed by atoms with E-state index in [2.05, 4.69) is 19.2 Å². The molecule has 6 nitrogen and oxygen atoms in total. The normalized spacial score (nSPS) is 12.2. The van der Waals surface area contributed by atoms with E-state index in [0.29, 0.717) is 17.4 Å². The van der Waals surface area contributed by atoms with Crippen LogP contribution in [0.2, 0.25) is 0 Å². The van der Waals surface area contributed by atoms with E-state index >= 15 is 0 Å². The molecular formula is C26H36N2O4. The highest BCUT2D eigenvalue weighted by Gasteiger charge is 2.28. The Labute approximate surface area is 191 Å². The summed E-state index contributed by atoms with van der Waals surface area (Å²) in [6.45, 7) is 11.8. The quantitative estimate of drug-likeness (QED) is 0.622. The first-order valence-electron chi connectivity index (χ1n) is 11.0. The Balaban J connectivity index is 2.17. The van der Waals surface area contributed by atoms with E-state index in [1.807, 2.05) is 69.3 Å². The largest absolute Gasteiger partial charge is 0.497 e. The van der Waals surface area contributed by atoms with Crippen LogP contribution in [0, 0.1) is 0 Å². The van der Waals surface area contributed by atoms with Crippen molar-refractivity contribution in [3.05, 3.63) is 59.7 Å². The average Bonchev–Trinajstić information content (AvgIpc) is 2.74. The summed E-state index contributed by atoms with van der Waals surface area (Å²) in [7, 11) is 1.60. The lowest BCUT2D eigenvalue weighted by atomic mass is 10.0. The minimum atomic E-state index is -0.667. The molecule has 0 aromatic heterocycles. The van der Waals surface area contributed by atoms with Crippen molar-refractivity contribution in [2.75, 3.05) is 13.7 Å². The van der Waals surface area contributed by atoms with E-state index in [-0.39, 0.29) is 25.0 Å². The molecule has 0 spiro atoms. The number of carbonyl (C=O) groups is 2. The van der Waals surface area contributed by atoms with E-state index in [0.717, 1.165) is 5.56 Å². The molecule has 2 rings (SSSR count). The van der Waals surface area contributed by atoms with E-state index < -0.39 is 11.6 Å². The topological polar surface area (TPSA) is 67.9 Å². The summed E-state index contributed by atoms with van der Waals surface area (Å²) in [6.07, 6.45) is 0. The summed E-state index contributed by atoms with van der Waals surface area (Å²) in [5.74, 6) is 1.26. The van der Waals surface area contributed by atoms with Crippen LogP contribution in [-0.4, -0.2) is 42.0 Å². The summed E-state index contributed by atoms with van der Waals surface area (Å²) < 4.78 is 11.0. The lowest BCUT2D eigenvalue weighted by Gasteiger charge is -2.31. The molecule has 1 atom stereocenters. The predicted octanol–water partition coefficient (Wildman–Crippen LogP) is 4.53. The van der Waals surface area contributed by atoms with Crippen LogP contribution in [0.3, 0.4) is 0 Å². The number of hydrogen-bond acceptors (Lipinski definition) is 4. The first kappa shape index (κ1) is 25.2. The fraction of sp³-hybridized carbons (Fsp3) is 0.462. The maximum absolute atomic E-state index is 13.2. The van der Waals surface area contributed by atoms with Crippen molar-refractivity contribution in [1.82, 2.24) is 10.2 Å². The Kier molecular flexibility index (Phi) is 8.70. The number of benzene rings is 2. The lowest BCUT2D eigenvalue weighted by Crippen LogP contribution is -2.53. The monoisotopic (exact) mass is 440 g/mol. The molecule has 2 amide bonds. The van der Waals surface area contributed by atoms with Crippen molar-refractivity contribution in [1.29, 1.82) is 0 Å². The lowest BCUT2D eigenvalue weighted by molar-refractivity contribution is -0.142. The maximum Gasteiger partial charge on any atom is 0.261 e. The van der Waals surface area contributed by atoms with Gasteiger partial charge in [0.1, 0.15) is 17.5 Å². The SMILES string of the molecule is COc1cccc(CN(C(=O)COc2ccc(C(C)C)cc2)[C@H](C)C(=O)NC(C)(C)C)c1. The van der Waals surface area contributed by atoms with Gasteiger partial charge in [0.05, 0.1) is 7.11 Å². The van der Waals surface area contributed by atoms with Gasteiger partial charge in [0.25, 0.3) is 5.91 Å². The van der Waals surface area contributed by atoms with Gasteiger partial charge in [-0.3, -0.25) is 9.59 Å². The van der Waals surface area contributed by atoms with Crippen molar-refractivity contribution < 1.29 is 19.1 Å².